The van der Waals surface area contributed by atoms with Crippen LogP contribution in [-0.4, -0.2) is 19.0 Å². The molecule has 28 heavy (non-hydrogen) atoms. The van der Waals surface area contributed by atoms with Gasteiger partial charge in [0.05, 0.1) is 16.8 Å². The molecule has 2 rings (SSSR count). The van der Waals surface area contributed by atoms with Gasteiger partial charge < -0.3 is 10.2 Å². The summed E-state index contributed by atoms with van der Waals surface area (Å²) in [7, 11) is 0. The van der Waals surface area contributed by atoms with E-state index in [1.165, 1.54) is 6.92 Å². The minimum atomic E-state index is -0.223. The number of carbonyl (C=O) groups is 1. The second-order valence-corrected chi connectivity index (χ2v) is 6.19. The molecule has 1 N–H and O–H groups in total. The van der Waals surface area contributed by atoms with Crippen LogP contribution in [0.1, 0.15) is 37.5 Å². The fourth-order valence-electron chi connectivity index (χ4n) is 2.85. The SMILES string of the molecule is CCN(CC)c1ccc(N=Nc2c(C#N)cc(C)cc2C#N)c(NC(C)=O)c1. The second-order valence-electron chi connectivity index (χ2n) is 6.19. The van der Waals surface area contributed by atoms with Gasteiger partial charge in [0, 0.05) is 25.7 Å². The molecule has 0 saturated heterocycles. The van der Waals surface area contributed by atoms with Crippen molar-refractivity contribution in [3.63, 3.8) is 0 Å². The largest absolute Gasteiger partial charge is 0.372 e. The Labute approximate surface area is 164 Å². The summed E-state index contributed by atoms with van der Waals surface area (Å²) in [5.41, 5.74) is 3.50. The molecule has 0 aliphatic carbocycles. The monoisotopic (exact) mass is 374 g/mol. The summed E-state index contributed by atoms with van der Waals surface area (Å²) >= 11 is 0. The van der Waals surface area contributed by atoms with Gasteiger partial charge in [-0.3, -0.25) is 4.79 Å². The van der Waals surface area contributed by atoms with Crippen LogP contribution in [0.5, 0.6) is 0 Å². The van der Waals surface area contributed by atoms with E-state index in [1.807, 2.05) is 19.1 Å². The van der Waals surface area contributed by atoms with Crippen molar-refractivity contribution in [3.05, 3.63) is 47.0 Å². The first-order valence-corrected chi connectivity index (χ1v) is 8.96. The van der Waals surface area contributed by atoms with E-state index < -0.39 is 0 Å². The van der Waals surface area contributed by atoms with Crippen LogP contribution in [0, 0.1) is 29.6 Å². The molecular weight excluding hydrogens is 352 g/mol. The van der Waals surface area contributed by atoms with E-state index in [2.05, 4.69) is 46.4 Å². The Hall–Kier alpha value is -3.71. The second kappa shape index (κ2) is 9.29. The van der Waals surface area contributed by atoms with Crippen LogP contribution < -0.4 is 10.2 Å². The van der Waals surface area contributed by atoms with Gasteiger partial charge in [0.25, 0.3) is 0 Å². The number of azo groups is 1. The van der Waals surface area contributed by atoms with E-state index in [9.17, 15) is 15.3 Å². The summed E-state index contributed by atoms with van der Waals surface area (Å²) in [6.07, 6.45) is 0. The molecule has 7 nitrogen and oxygen atoms in total. The summed E-state index contributed by atoms with van der Waals surface area (Å²) in [5.74, 6) is -0.223. The molecule has 0 fully saturated rings. The molecule has 0 bridgehead atoms. The van der Waals surface area contributed by atoms with Crippen LogP contribution in [-0.2, 0) is 4.79 Å². The number of carbonyl (C=O) groups excluding carboxylic acids is 1. The van der Waals surface area contributed by atoms with Gasteiger partial charge in [-0.05, 0) is 56.7 Å². The third kappa shape index (κ3) is 4.72. The van der Waals surface area contributed by atoms with Gasteiger partial charge >= 0.3 is 0 Å². The van der Waals surface area contributed by atoms with Gasteiger partial charge in [-0.1, -0.05) is 0 Å². The van der Waals surface area contributed by atoms with Crippen molar-refractivity contribution >= 4 is 28.7 Å². The summed E-state index contributed by atoms with van der Waals surface area (Å²) in [4.78, 5) is 13.8. The van der Waals surface area contributed by atoms with Gasteiger partial charge in [0.15, 0.2) is 0 Å². The molecule has 2 aromatic rings. The lowest BCUT2D eigenvalue weighted by Gasteiger charge is -2.22. The fraction of sp³-hybridized carbons (Fsp3) is 0.286. The summed E-state index contributed by atoms with van der Waals surface area (Å²) < 4.78 is 0. The molecule has 142 valence electrons. The van der Waals surface area contributed by atoms with Crippen molar-refractivity contribution < 1.29 is 4.79 Å². The van der Waals surface area contributed by atoms with Crippen LogP contribution in [0.3, 0.4) is 0 Å². The van der Waals surface area contributed by atoms with Crippen molar-refractivity contribution in [3.8, 4) is 12.1 Å². The Morgan fingerprint density at radius 1 is 1.07 bits per heavy atom. The van der Waals surface area contributed by atoms with E-state index in [-0.39, 0.29) is 22.7 Å². The minimum Gasteiger partial charge on any atom is -0.372 e. The Morgan fingerprint density at radius 3 is 2.18 bits per heavy atom. The van der Waals surface area contributed by atoms with Crippen LogP contribution in [0.15, 0.2) is 40.6 Å². The van der Waals surface area contributed by atoms with Crippen LogP contribution >= 0.6 is 0 Å². The summed E-state index contributed by atoms with van der Waals surface area (Å²) in [5, 5.41) is 29.9. The highest BCUT2D eigenvalue weighted by molar-refractivity contribution is 5.93. The quantitative estimate of drug-likeness (QED) is 0.721. The molecule has 0 atom stereocenters. The zero-order chi connectivity index (χ0) is 20.7. The summed E-state index contributed by atoms with van der Waals surface area (Å²) in [6, 6.07) is 12.9. The highest BCUT2D eigenvalue weighted by atomic mass is 16.1. The molecule has 0 heterocycles. The van der Waals surface area contributed by atoms with Crippen molar-refractivity contribution in [1.82, 2.24) is 0 Å². The van der Waals surface area contributed by atoms with Gasteiger partial charge in [-0.25, -0.2) is 0 Å². The van der Waals surface area contributed by atoms with Gasteiger partial charge in [0.1, 0.15) is 23.5 Å². The number of nitrogens with zero attached hydrogens (tertiary/aromatic N) is 5. The van der Waals surface area contributed by atoms with Gasteiger partial charge in [-0.2, -0.15) is 10.5 Å². The third-order valence-corrected chi connectivity index (χ3v) is 4.17. The number of hydrogen-bond acceptors (Lipinski definition) is 6. The fourth-order valence-corrected chi connectivity index (χ4v) is 2.85. The zero-order valence-electron chi connectivity index (χ0n) is 16.4. The Bertz CT molecular complexity index is 958. The molecule has 0 unspecified atom stereocenters. The third-order valence-electron chi connectivity index (χ3n) is 4.17. The molecule has 7 heteroatoms. The predicted octanol–water partition coefficient (Wildman–Crippen LogP) is 4.96. The number of hydrogen-bond donors (Lipinski definition) is 1. The molecule has 0 aliphatic heterocycles. The lowest BCUT2D eigenvalue weighted by Crippen LogP contribution is -2.21. The number of amides is 1. The maximum atomic E-state index is 11.6. The number of benzene rings is 2. The first-order chi connectivity index (χ1) is 13.4. The maximum absolute atomic E-state index is 11.6. The molecule has 1 amide bonds. The number of aryl methyl sites for hydroxylation is 1. The standard InChI is InChI=1S/C21H22N6O/c1-5-27(6-2)18-7-8-19(20(11-18)24-15(4)28)25-26-21-16(12-22)9-14(3)10-17(21)13-23/h7-11H,5-6H2,1-4H3,(H,24,28). The van der Waals surface area contributed by atoms with Crippen molar-refractivity contribution in [2.24, 2.45) is 10.2 Å². The molecule has 0 aliphatic rings. The normalized spacial score (nSPS) is 10.4. The van der Waals surface area contributed by atoms with E-state index in [4.69, 9.17) is 0 Å². The Balaban J connectivity index is 2.53. The molecule has 0 saturated carbocycles. The van der Waals surface area contributed by atoms with E-state index in [0.29, 0.717) is 11.4 Å². The van der Waals surface area contributed by atoms with E-state index in [0.717, 1.165) is 24.3 Å². The predicted molar refractivity (Wildman–Crippen MR) is 109 cm³/mol. The molecular formula is C21H22N6O. The first kappa shape index (κ1) is 20.6. The summed E-state index contributed by atoms with van der Waals surface area (Å²) in [6.45, 7) is 9.00. The van der Waals surface area contributed by atoms with E-state index >= 15 is 0 Å². The van der Waals surface area contributed by atoms with Crippen molar-refractivity contribution in [2.45, 2.75) is 27.7 Å². The van der Waals surface area contributed by atoms with Crippen molar-refractivity contribution in [1.29, 1.82) is 10.5 Å². The van der Waals surface area contributed by atoms with Gasteiger partial charge in [0.2, 0.25) is 5.91 Å². The number of nitriles is 2. The first-order valence-electron chi connectivity index (χ1n) is 8.96. The van der Waals surface area contributed by atoms with Crippen LogP contribution in [0.2, 0.25) is 0 Å². The molecule has 2 aromatic carbocycles. The average molecular weight is 374 g/mol. The van der Waals surface area contributed by atoms with Gasteiger partial charge in [-0.15, -0.1) is 10.2 Å². The maximum Gasteiger partial charge on any atom is 0.221 e. The van der Waals surface area contributed by atoms with E-state index in [1.54, 1.807) is 18.2 Å². The van der Waals surface area contributed by atoms with Crippen LogP contribution in [0.4, 0.5) is 22.7 Å². The number of nitrogens with one attached hydrogen (secondary N) is 1. The molecule has 0 spiro atoms. The zero-order valence-corrected chi connectivity index (χ0v) is 16.4. The Kier molecular flexibility index (Phi) is 6.84. The molecule has 0 aromatic heterocycles. The lowest BCUT2D eigenvalue weighted by molar-refractivity contribution is -0.114. The average Bonchev–Trinajstić information content (AvgIpc) is 2.67. The lowest BCUT2D eigenvalue weighted by atomic mass is 10.1. The number of anilines is 2. The topological polar surface area (TPSA) is 105 Å². The molecule has 0 radical (unpaired) electrons. The smallest absolute Gasteiger partial charge is 0.221 e. The Morgan fingerprint density at radius 2 is 1.68 bits per heavy atom. The van der Waals surface area contributed by atoms with Crippen molar-refractivity contribution in [2.75, 3.05) is 23.3 Å². The number of rotatable bonds is 6. The highest BCUT2D eigenvalue weighted by Crippen LogP contribution is 2.33. The minimum absolute atomic E-state index is 0.220. The van der Waals surface area contributed by atoms with Crippen LogP contribution in [0.25, 0.3) is 0 Å². The highest BCUT2D eigenvalue weighted by Gasteiger charge is 2.12.